The first-order chi connectivity index (χ1) is 12.8. The van der Waals surface area contributed by atoms with E-state index >= 15 is 0 Å². The van der Waals surface area contributed by atoms with Gasteiger partial charge in [-0.2, -0.15) is 0 Å². The minimum absolute atomic E-state index is 0.0343. The van der Waals surface area contributed by atoms with Gasteiger partial charge in [0, 0.05) is 31.9 Å². The van der Waals surface area contributed by atoms with Crippen LogP contribution >= 0.6 is 0 Å². The Labute approximate surface area is 156 Å². The molecule has 0 aromatic carbocycles. The van der Waals surface area contributed by atoms with E-state index in [1.165, 1.54) is 6.20 Å². The zero-order valence-corrected chi connectivity index (χ0v) is 15.5. The van der Waals surface area contributed by atoms with Crippen molar-refractivity contribution in [2.45, 2.75) is 25.3 Å². The van der Waals surface area contributed by atoms with Crippen molar-refractivity contribution in [2.75, 3.05) is 38.6 Å². The molecule has 2 aromatic rings. The van der Waals surface area contributed by atoms with E-state index in [2.05, 4.69) is 9.88 Å². The number of carboxylic acid groups (broad SMARTS) is 1. The molecule has 1 unspecified atom stereocenters. The number of aromatic carboxylic acids is 1. The van der Waals surface area contributed by atoms with Crippen molar-refractivity contribution in [3.8, 4) is 0 Å². The zero-order chi connectivity index (χ0) is 19.3. The number of hydrogen-bond donors (Lipinski definition) is 1. The van der Waals surface area contributed by atoms with Gasteiger partial charge in [-0.3, -0.25) is 4.79 Å². The van der Waals surface area contributed by atoms with Crippen molar-refractivity contribution in [3.05, 3.63) is 33.9 Å². The fraction of sp³-hybridized carbons (Fsp3) is 0.526. The van der Waals surface area contributed by atoms with Crippen LogP contribution in [0.4, 0.5) is 10.2 Å². The second-order valence-corrected chi connectivity index (χ2v) is 7.84. The van der Waals surface area contributed by atoms with Crippen molar-refractivity contribution in [2.24, 2.45) is 5.92 Å². The van der Waals surface area contributed by atoms with Gasteiger partial charge in [0.15, 0.2) is 11.6 Å². The van der Waals surface area contributed by atoms with Crippen LogP contribution < -0.4 is 10.3 Å². The first-order valence-electron chi connectivity index (χ1n) is 9.23. The number of fused-ring (bicyclic) bond motifs is 1. The molecular formula is C19H23FN4O3. The highest BCUT2D eigenvalue weighted by molar-refractivity contribution is 5.92. The Kier molecular flexibility index (Phi) is 4.38. The molecule has 2 fully saturated rings. The van der Waals surface area contributed by atoms with E-state index in [1.54, 1.807) is 4.57 Å². The van der Waals surface area contributed by atoms with Gasteiger partial charge in [-0.25, -0.2) is 14.2 Å². The first kappa shape index (κ1) is 17.9. The Bertz CT molecular complexity index is 968. The summed E-state index contributed by atoms with van der Waals surface area (Å²) in [6, 6.07) is 1.28. The predicted molar refractivity (Wildman–Crippen MR) is 100 cm³/mol. The molecule has 144 valence electrons. The average Bonchev–Trinajstić information content (AvgIpc) is 3.34. The van der Waals surface area contributed by atoms with E-state index < -0.39 is 17.2 Å². The third-order valence-electron chi connectivity index (χ3n) is 5.32. The van der Waals surface area contributed by atoms with Crippen molar-refractivity contribution < 1.29 is 14.3 Å². The predicted octanol–water partition coefficient (Wildman–Crippen LogP) is 1.96. The third kappa shape index (κ3) is 3.29. The molecule has 8 heteroatoms. The highest BCUT2D eigenvalue weighted by Gasteiger charge is 2.30. The Balaban J connectivity index is 1.79. The molecular weight excluding hydrogens is 351 g/mol. The van der Waals surface area contributed by atoms with Gasteiger partial charge < -0.3 is 19.5 Å². The molecule has 4 rings (SSSR count). The van der Waals surface area contributed by atoms with Crippen LogP contribution in [0, 0.1) is 11.7 Å². The monoisotopic (exact) mass is 374 g/mol. The van der Waals surface area contributed by atoms with E-state index in [0.717, 1.165) is 38.4 Å². The summed E-state index contributed by atoms with van der Waals surface area (Å²) in [5.41, 5.74) is -0.644. The van der Waals surface area contributed by atoms with Gasteiger partial charge >= 0.3 is 5.97 Å². The number of carbonyl (C=O) groups is 1. The first-order valence-corrected chi connectivity index (χ1v) is 9.23. The number of aromatic nitrogens is 2. The Morgan fingerprint density at radius 2 is 2.11 bits per heavy atom. The van der Waals surface area contributed by atoms with Crippen LogP contribution in [-0.2, 0) is 0 Å². The van der Waals surface area contributed by atoms with Crippen LogP contribution in [-0.4, -0.2) is 59.3 Å². The molecule has 27 heavy (non-hydrogen) atoms. The molecule has 1 aliphatic heterocycles. The van der Waals surface area contributed by atoms with Gasteiger partial charge in [0.25, 0.3) is 0 Å². The standard InChI is InChI=1S/C19H23FN4O3/c1-22(2)8-11-5-6-23(9-11)18-15(20)7-13-16(25)14(19(26)27)10-24(12-3-4-12)17(13)21-18/h7,10-12H,3-6,8-9H2,1-2H3,(H,26,27). The number of pyridine rings is 2. The van der Waals surface area contributed by atoms with Crippen LogP contribution in [0.3, 0.4) is 0 Å². The van der Waals surface area contributed by atoms with Gasteiger partial charge in [0.2, 0.25) is 5.43 Å². The molecule has 0 spiro atoms. The van der Waals surface area contributed by atoms with E-state index in [-0.39, 0.29) is 22.8 Å². The number of anilines is 1. The number of halogens is 1. The molecule has 3 heterocycles. The second kappa shape index (κ2) is 6.60. The van der Waals surface area contributed by atoms with Gasteiger partial charge in [-0.05, 0) is 45.3 Å². The number of carboxylic acids is 1. The number of rotatable bonds is 5. The molecule has 0 amide bonds. The average molecular weight is 374 g/mol. The summed E-state index contributed by atoms with van der Waals surface area (Å²) in [6.07, 6.45) is 4.13. The van der Waals surface area contributed by atoms with Crippen LogP contribution in [0.25, 0.3) is 11.0 Å². The molecule has 1 N–H and O–H groups in total. The maximum absolute atomic E-state index is 14.8. The van der Waals surface area contributed by atoms with E-state index in [4.69, 9.17) is 0 Å². The maximum Gasteiger partial charge on any atom is 0.341 e. The molecule has 7 nitrogen and oxygen atoms in total. The summed E-state index contributed by atoms with van der Waals surface area (Å²) < 4.78 is 16.5. The zero-order valence-electron chi connectivity index (χ0n) is 15.5. The SMILES string of the molecule is CN(C)CC1CCN(c2nc3c(cc2F)c(=O)c(C(=O)O)cn3C2CC2)C1. The molecule has 2 aromatic heterocycles. The van der Waals surface area contributed by atoms with Gasteiger partial charge in [-0.1, -0.05) is 0 Å². The quantitative estimate of drug-likeness (QED) is 0.862. The van der Waals surface area contributed by atoms with Crippen LogP contribution in [0.2, 0.25) is 0 Å². The van der Waals surface area contributed by atoms with Crippen molar-refractivity contribution >= 4 is 22.8 Å². The summed E-state index contributed by atoms with van der Waals surface area (Å²) in [4.78, 5) is 32.5. The Morgan fingerprint density at radius 3 is 2.74 bits per heavy atom. The highest BCUT2D eigenvalue weighted by Crippen LogP contribution is 2.37. The molecule has 2 aliphatic rings. The highest BCUT2D eigenvalue weighted by atomic mass is 19.1. The molecule has 1 atom stereocenters. The summed E-state index contributed by atoms with van der Waals surface area (Å²) in [7, 11) is 4.04. The summed E-state index contributed by atoms with van der Waals surface area (Å²) in [5.74, 6) is -1.18. The molecule has 1 saturated carbocycles. The van der Waals surface area contributed by atoms with E-state index in [1.807, 2.05) is 19.0 Å². The minimum Gasteiger partial charge on any atom is -0.477 e. The maximum atomic E-state index is 14.8. The lowest BCUT2D eigenvalue weighted by molar-refractivity contribution is 0.0695. The van der Waals surface area contributed by atoms with Crippen LogP contribution in [0.15, 0.2) is 17.1 Å². The van der Waals surface area contributed by atoms with Gasteiger partial charge in [0.05, 0.1) is 5.39 Å². The normalized spacial score (nSPS) is 20.0. The lowest BCUT2D eigenvalue weighted by Crippen LogP contribution is -2.27. The van der Waals surface area contributed by atoms with E-state index in [9.17, 15) is 19.1 Å². The number of nitrogens with zero attached hydrogens (tertiary/aromatic N) is 4. The van der Waals surface area contributed by atoms with Crippen molar-refractivity contribution in [1.29, 1.82) is 0 Å². The molecule has 1 saturated heterocycles. The number of hydrogen-bond acceptors (Lipinski definition) is 5. The van der Waals surface area contributed by atoms with E-state index in [0.29, 0.717) is 18.1 Å². The topological polar surface area (TPSA) is 78.7 Å². The Hall–Kier alpha value is -2.48. The van der Waals surface area contributed by atoms with Crippen LogP contribution in [0.1, 0.15) is 35.7 Å². The second-order valence-electron chi connectivity index (χ2n) is 7.84. The lowest BCUT2D eigenvalue weighted by atomic mass is 10.1. The third-order valence-corrected chi connectivity index (χ3v) is 5.32. The van der Waals surface area contributed by atoms with Crippen molar-refractivity contribution in [1.82, 2.24) is 14.5 Å². The molecule has 1 aliphatic carbocycles. The van der Waals surface area contributed by atoms with Crippen molar-refractivity contribution in [3.63, 3.8) is 0 Å². The largest absolute Gasteiger partial charge is 0.477 e. The lowest BCUT2D eigenvalue weighted by Gasteiger charge is -2.21. The minimum atomic E-state index is -1.30. The van der Waals surface area contributed by atoms with Crippen LogP contribution in [0.5, 0.6) is 0 Å². The summed E-state index contributed by atoms with van der Waals surface area (Å²) >= 11 is 0. The fourth-order valence-electron chi connectivity index (χ4n) is 3.93. The fourth-order valence-corrected chi connectivity index (χ4v) is 3.93. The van der Waals surface area contributed by atoms with Gasteiger partial charge in [0.1, 0.15) is 11.2 Å². The Morgan fingerprint density at radius 1 is 1.37 bits per heavy atom. The molecule has 0 radical (unpaired) electrons. The summed E-state index contributed by atoms with van der Waals surface area (Å²) in [6.45, 7) is 2.36. The van der Waals surface area contributed by atoms with Gasteiger partial charge in [-0.15, -0.1) is 0 Å². The molecule has 0 bridgehead atoms. The summed E-state index contributed by atoms with van der Waals surface area (Å²) in [5, 5.41) is 9.34. The smallest absolute Gasteiger partial charge is 0.341 e.